The van der Waals surface area contributed by atoms with E-state index >= 15 is 0 Å². The van der Waals surface area contributed by atoms with Gasteiger partial charge in [-0.2, -0.15) is 0 Å². The minimum Gasteiger partial charge on any atom is -0.282 e. The summed E-state index contributed by atoms with van der Waals surface area (Å²) in [5.41, 5.74) is 2.50. The number of hydrogen-bond acceptors (Lipinski definition) is 1. The fraction of sp³-hybridized carbons (Fsp3) is 0.222. The highest BCUT2D eigenvalue weighted by molar-refractivity contribution is 7.97. The summed E-state index contributed by atoms with van der Waals surface area (Å²) in [6, 6.07) is 3.56. The van der Waals surface area contributed by atoms with Gasteiger partial charge in [0.05, 0.1) is 5.02 Å². The Balaban J connectivity index is 3.36. The maximum Gasteiger partial charge on any atom is 0.217 e. The molecule has 0 aliphatic heterocycles. The van der Waals surface area contributed by atoms with Gasteiger partial charge < -0.3 is 0 Å². The van der Waals surface area contributed by atoms with Crippen molar-refractivity contribution in [3.05, 3.63) is 33.8 Å². The third-order valence-corrected chi connectivity index (χ3v) is 2.62. The molecule has 64 valence electrons. The van der Waals surface area contributed by atoms with Crippen LogP contribution in [0.2, 0.25) is 5.02 Å². The topological polar surface area (TPSA) is 17.1 Å². The molecular weight excluding hydrogens is 192 g/mol. The molecule has 0 N–H and O–H groups in total. The average Bonchev–Trinajstić information content (AvgIpc) is 2.00. The van der Waals surface area contributed by atoms with Crippen LogP contribution in [0.25, 0.3) is 0 Å². The summed E-state index contributed by atoms with van der Waals surface area (Å²) >= 11 is 9.64. The van der Waals surface area contributed by atoms with E-state index in [0.29, 0.717) is 10.6 Å². The zero-order valence-corrected chi connectivity index (χ0v) is 8.54. The first-order chi connectivity index (χ1) is 5.54. The van der Waals surface area contributed by atoms with Gasteiger partial charge in [-0.1, -0.05) is 17.7 Å². The van der Waals surface area contributed by atoms with E-state index in [1.165, 1.54) is 0 Å². The lowest BCUT2D eigenvalue weighted by Gasteiger charge is -2.05. The van der Waals surface area contributed by atoms with Crippen LogP contribution in [0.5, 0.6) is 0 Å². The largest absolute Gasteiger partial charge is 0.282 e. The highest BCUT2D eigenvalue weighted by atomic mass is 35.5. The van der Waals surface area contributed by atoms with Crippen molar-refractivity contribution < 1.29 is 4.79 Å². The highest BCUT2D eigenvalue weighted by Crippen LogP contribution is 2.24. The third-order valence-electron chi connectivity index (χ3n) is 1.89. The van der Waals surface area contributed by atoms with E-state index in [-0.39, 0.29) is 5.12 Å². The van der Waals surface area contributed by atoms with Crippen molar-refractivity contribution in [2.24, 2.45) is 0 Å². The van der Waals surface area contributed by atoms with Crippen molar-refractivity contribution in [3.8, 4) is 0 Å². The van der Waals surface area contributed by atoms with Crippen LogP contribution in [0.4, 0.5) is 0 Å². The number of carbonyl (C=O) groups excluding carboxylic acids is 1. The first-order valence-electron chi connectivity index (χ1n) is 3.53. The van der Waals surface area contributed by atoms with Crippen molar-refractivity contribution in [1.82, 2.24) is 0 Å². The maximum absolute atomic E-state index is 10.9. The Labute approximate surface area is 82.1 Å². The van der Waals surface area contributed by atoms with Crippen molar-refractivity contribution >= 4 is 29.3 Å². The average molecular weight is 201 g/mol. The summed E-state index contributed by atoms with van der Waals surface area (Å²) in [4.78, 5) is 10.9. The lowest BCUT2D eigenvalue weighted by molar-refractivity contribution is 0.109. The predicted octanol–water partition coefficient (Wildman–Crippen LogP) is 3.03. The van der Waals surface area contributed by atoms with Gasteiger partial charge in [0.1, 0.15) is 0 Å². The molecule has 0 aromatic heterocycles. The molecule has 0 saturated carbocycles. The molecule has 1 aromatic carbocycles. The van der Waals surface area contributed by atoms with Gasteiger partial charge in [-0.3, -0.25) is 4.79 Å². The molecule has 0 radical (unpaired) electrons. The lowest BCUT2D eigenvalue weighted by atomic mass is 10.1. The van der Waals surface area contributed by atoms with E-state index in [1.807, 2.05) is 19.9 Å². The molecule has 12 heavy (non-hydrogen) atoms. The monoisotopic (exact) mass is 200 g/mol. The predicted molar refractivity (Wildman–Crippen MR) is 54.2 cm³/mol. The Morgan fingerprint density at radius 3 is 2.50 bits per heavy atom. The summed E-state index contributed by atoms with van der Waals surface area (Å²) in [6.45, 7) is 3.84. The fourth-order valence-electron chi connectivity index (χ4n) is 0.947. The Bertz CT molecular complexity index is 334. The van der Waals surface area contributed by atoms with E-state index in [9.17, 15) is 4.79 Å². The van der Waals surface area contributed by atoms with Crippen LogP contribution >= 0.6 is 24.2 Å². The van der Waals surface area contributed by atoms with Crippen LogP contribution in [-0.2, 0) is 0 Å². The molecule has 0 aliphatic carbocycles. The van der Waals surface area contributed by atoms with E-state index in [1.54, 1.807) is 6.07 Å². The number of aryl methyl sites for hydroxylation is 1. The van der Waals surface area contributed by atoms with E-state index < -0.39 is 0 Å². The van der Waals surface area contributed by atoms with Crippen LogP contribution in [0, 0.1) is 13.8 Å². The molecule has 0 amide bonds. The summed E-state index contributed by atoms with van der Waals surface area (Å²) in [7, 11) is 0. The Morgan fingerprint density at radius 1 is 1.42 bits per heavy atom. The minimum atomic E-state index is -0.289. The first kappa shape index (κ1) is 9.62. The van der Waals surface area contributed by atoms with Gasteiger partial charge in [0.2, 0.25) is 5.12 Å². The normalized spacial score (nSPS) is 10.0. The quantitative estimate of drug-likeness (QED) is 0.690. The fourth-order valence-corrected chi connectivity index (χ4v) is 1.50. The molecule has 0 heterocycles. The van der Waals surface area contributed by atoms with Crippen LogP contribution < -0.4 is 0 Å². The summed E-state index contributed by atoms with van der Waals surface area (Å²) in [5.74, 6) is 0. The van der Waals surface area contributed by atoms with Crippen LogP contribution in [0.15, 0.2) is 12.1 Å². The Kier molecular flexibility index (Phi) is 2.80. The SMILES string of the molecule is Cc1ccc(C(=O)S)c(Cl)c1C. The number of rotatable bonds is 1. The van der Waals surface area contributed by atoms with Gasteiger partial charge >= 0.3 is 0 Å². The molecule has 1 aromatic rings. The molecule has 0 saturated heterocycles. The van der Waals surface area contributed by atoms with Crippen LogP contribution in [0.3, 0.4) is 0 Å². The van der Waals surface area contributed by atoms with Gasteiger partial charge in [0.25, 0.3) is 0 Å². The molecule has 0 unspecified atom stereocenters. The molecule has 0 fully saturated rings. The van der Waals surface area contributed by atoms with Crippen molar-refractivity contribution in [3.63, 3.8) is 0 Å². The molecule has 0 aliphatic rings. The molecular formula is C9H9ClOS. The van der Waals surface area contributed by atoms with Gasteiger partial charge in [0, 0.05) is 5.56 Å². The standard InChI is InChI=1S/C9H9ClOS/c1-5-3-4-7(9(11)12)8(10)6(5)2/h3-4H,1-2H3,(H,11,12). The van der Waals surface area contributed by atoms with Crippen LogP contribution in [-0.4, -0.2) is 5.12 Å². The number of carbonyl (C=O) groups is 1. The van der Waals surface area contributed by atoms with Gasteiger partial charge in [-0.15, -0.1) is 12.6 Å². The highest BCUT2D eigenvalue weighted by Gasteiger charge is 2.09. The molecule has 1 rings (SSSR count). The molecule has 3 heteroatoms. The van der Waals surface area contributed by atoms with Crippen molar-refractivity contribution in [2.45, 2.75) is 13.8 Å². The third kappa shape index (κ3) is 1.65. The first-order valence-corrected chi connectivity index (χ1v) is 4.35. The van der Waals surface area contributed by atoms with Gasteiger partial charge in [-0.25, -0.2) is 0 Å². The Morgan fingerprint density at radius 2 is 2.00 bits per heavy atom. The zero-order chi connectivity index (χ0) is 9.30. The number of benzene rings is 1. The van der Waals surface area contributed by atoms with Gasteiger partial charge in [0.15, 0.2) is 0 Å². The second-order valence-corrected chi connectivity index (χ2v) is 3.46. The van der Waals surface area contributed by atoms with Crippen molar-refractivity contribution in [1.29, 1.82) is 0 Å². The number of hydrogen-bond donors (Lipinski definition) is 1. The lowest BCUT2D eigenvalue weighted by Crippen LogP contribution is -1.94. The van der Waals surface area contributed by atoms with E-state index in [2.05, 4.69) is 12.6 Å². The summed E-state index contributed by atoms with van der Waals surface area (Å²) < 4.78 is 0. The minimum absolute atomic E-state index is 0.289. The zero-order valence-electron chi connectivity index (χ0n) is 6.89. The van der Waals surface area contributed by atoms with Crippen LogP contribution in [0.1, 0.15) is 21.5 Å². The molecule has 0 atom stereocenters. The summed E-state index contributed by atoms with van der Waals surface area (Å²) in [5, 5.41) is 0.220. The van der Waals surface area contributed by atoms with E-state index in [0.717, 1.165) is 11.1 Å². The molecule has 0 spiro atoms. The number of thiol groups is 1. The molecule has 1 nitrogen and oxygen atoms in total. The van der Waals surface area contributed by atoms with Gasteiger partial charge in [-0.05, 0) is 31.0 Å². The maximum atomic E-state index is 10.9. The Hall–Kier alpha value is -0.470. The second kappa shape index (κ2) is 3.50. The summed E-state index contributed by atoms with van der Waals surface area (Å²) in [6.07, 6.45) is 0. The van der Waals surface area contributed by atoms with E-state index in [4.69, 9.17) is 11.6 Å². The van der Waals surface area contributed by atoms with Crippen molar-refractivity contribution in [2.75, 3.05) is 0 Å². The second-order valence-electron chi connectivity index (χ2n) is 2.67. The smallest absolute Gasteiger partial charge is 0.217 e. The number of halogens is 1. The molecule has 0 bridgehead atoms.